The molecular weight excluding hydrogens is 432 g/mol. The Bertz CT molecular complexity index is 1150. The van der Waals surface area contributed by atoms with Crippen molar-refractivity contribution in [3.05, 3.63) is 95.2 Å². The second-order valence-corrected chi connectivity index (χ2v) is 8.37. The Morgan fingerprint density at radius 2 is 1.97 bits per heavy atom. The van der Waals surface area contributed by atoms with Crippen molar-refractivity contribution >= 4 is 29.3 Å². The minimum atomic E-state index is -0.0123. The SMILES string of the molecule is Cc1ccc(-n2cnnc2SCC(=O)N(Cc2ccccc2)Cc2ccco2)cc1Cl. The molecular formula is C23H21ClN4O2S. The number of hydrogen-bond acceptors (Lipinski definition) is 5. The average molecular weight is 453 g/mol. The van der Waals surface area contributed by atoms with E-state index in [4.69, 9.17) is 16.0 Å². The fourth-order valence-electron chi connectivity index (χ4n) is 3.08. The van der Waals surface area contributed by atoms with E-state index in [0.29, 0.717) is 23.3 Å². The Hall–Kier alpha value is -3.03. The predicted molar refractivity (Wildman–Crippen MR) is 121 cm³/mol. The number of carbonyl (C=O) groups excluding carboxylic acids is 1. The number of benzene rings is 2. The zero-order chi connectivity index (χ0) is 21.6. The first kappa shape index (κ1) is 21.2. The van der Waals surface area contributed by atoms with Crippen LogP contribution in [0, 0.1) is 6.92 Å². The molecule has 6 nitrogen and oxygen atoms in total. The normalized spacial score (nSPS) is 10.9. The van der Waals surface area contributed by atoms with Crippen LogP contribution in [0.1, 0.15) is 16.9 Å². The first-order valence-electron chi connectivity index (χ1n) is 9.73. The lowest BCUT2D eigenvalue weighted by Crippen LogP contribution is -2.31. The van der Waals surface area contributed by atoms with Crippen molar-refractivity contribution < 1.29 is 9.21 Å². The van der Waals surface area contributed by atoms with Crippen molar-refractivity contribution in [2.24, 2.45) is 0 Å². The zero-order valence-electron chi connectivity index (χ0n) is 16.9. The molecule has 2 aromatic heterocycles. The van der Waals surface area contributed by atoms with Gasteiger partial charge in [-0.3, -0.25) is 9.36 Å². The van der Waals surface area contributed by atoms with Crippen LogP contribution >= 0.6 is 23.4 Å². The molecule has 0 spiro atoms. The largest absolute Gasteiger partial charge is 0.467 e. The van der Waals surface area contributed by atoms with Gasteiger partial charge in [0.15, 0.2) is 5.16 Å². The van der Waals surface area contributed by atoms with E-state index in [1.165, 1.54) is 11.8 Å². The van der Waals surface area contributed by atoms with Crippen LogP contribution < -0.4 is 0 Å². The Labute approximate surface area is 189 Å². The molecule has 1 amide bonds. The Morgan fingerprint density at radius 1 is 1.13 bits per heavy atom. The van der Waals surface area contributed by atoms with Crippen molar-refractivity contribution in [1.82, 2.24) is 19.7 Å². The standard InChI is InChI=1S/C23H21ClN4O2S/c1-17-9-10-19(12-21(17)24)28-16-25-26-23(28)31-15-22(29)27(14-20-8-5-11-30-20)13-18-6-3-2-4-7-18/h2-12,16H,13-15H2,1H3. The molecule has 31 heavy (non-hydrogen) atoms. The van der Waals surface area contributed by atoms with E-state index < -0.39 is 0 Å². The smallest absolute Gasteiger partial charge is 0.233 e. The molecule has 4 rings (SSSR count). The Kier molecular flexibility index (Phi) is 6.74. The highest BCUT2D eigenvalue weighted by Crippen LogP contribution is 2.24. The highest BCUT2D eigenvalue weighted by atomic mass is 35.5. The lowest BCUT2D eigenvalue weighted by molar-refractivity contribution is -0.129. The van der Waals surface area contributed by atoms with E-state index in [1.807, 2.05) is 72.2 Å². The lowest BCUT2D eigenvalue weighted by atomic mass is 10.2. The number of nitrogens with zero attached hydrogens (tertiary/aromatic N) is 4. The van der Waals surface area contributed by atoms with Crippen molar-refractivity contribution in [3.63, 3.8) is 0 Å². The topological polar surface area (TPSA) is 64.2 Å². The third-order valence-electron chi connectivity index (χ3n) is 4.77. The maximum absolute atomic E-state index is 13.1. The molecule has 0 radical (unpaired) electrons. The summed E-state index contributed by atoms with van der Waals surface area (Å²) in [5.41, 5.74) is 2.91. The van der Waals surface area contributed by atoms with Crippen LogP contribution in [0.25, 0.3) is 5.69 Å². The minimum absolute atomic E-state index is 0.0123. The summed E-state index contributed by atoms with van der Waals surface area (Å²) in [5, 5.41) is 9.49. The predicted octanol–water partition coefficient (Wildman–Crippen LogP) is 5.14. The average Bonchev–Trinajstić information content (AvgIpc) is 3.46. The highest BCUT2D eigenvalue weighted by Gasteiger charge is 2.18. The molecule has 2 heterocycles. The van der Waals surface area contributed by atoms with E-state index in [1.54, 1.807) is 17.5 Å². The van der Waals surface area contributed by atoms with Gasteiger partial charge >= 0.3 is 0 Å². The number of aromatic nitrogens is 3. The molecule has 158 valence electrons. The molecule has 0 aliphatic heterocycles. The third-order valence-corrected chi connectivity index (χ3v) is 6.11. The highest BCUT2D eigenvalue weighted by molar-refractivity contribution is 7.99. The summed E-state index contributed by atoms with van der Waals surface area (Å²) in [6.45, 7) is 2.86. The fraction of sp³-hybridized carbons (Fsp3) is 0.174. The van der Waals surface area contributed by atoms with E-state index >= 15 is 0 Å². The summed E-state index contributed by atoms with van der Waals surface area (Å²) in [4.78, 5) is 14.9. The first-order chi connectivity index (χ1) is 15.1. The summed E-state index contributed by atoms with van der Waals surface area (Å²) in [7, 11) is 0. The van der Waals surface area contributed by atoms with Crippen molar-refractivity contribution in [1.29, 1.82) is 0 Å². The fourth-order valence-corrected chi connectivity index (χ4v) is 4.08. The van der Waals surface area contributed by atoms with Gasteiger partial charge in [-0.1, -0.05) is 59.8 Å². The quantitative estimate of drug-likeness (QED) is 0.346. The third kappa shape index (κ3) is 5.37. The number of thioether (sulfide) groups is 1. The van der Waals surface area contributed by atoms with Gasteiger partial charge in [0.05, 0.1) is 24.2 Å². The van der Waals surface area contributed by atoms with Gasteiger partial charge in [-0.2, -0.15) is 0 Å². The molecule has 0 unspecified atom stereocenters. The van der Waals surface area contributed by atoms with Gasteiger partial charge < -0.3 is 9.32 Å². The number of furan rings is 1. The van der Waals surface area contributed by atoms with Crippen LogP contribution in [-0.2, 0) is 17.9 Å². The summed E-state index contributed by atoms with van der Waals surface area (Å²) >= 11 is 7.61. The van der Waals surface area contributed by atoms with Gasteiger partial charge in [-0.15, -0.1) is 10.2 Å². The molecule has 0 atom stereocenters. The first-order valence-corrected chi connectivity index (χ1v) is 11.1. The zero-order valence-corrected chi connectivity index (χ0v) is 18.5. The number of amides is 1. The van der Waals surface area contributed by atoms with Gasteiger partial charge in [0, 0.05) is 11.6 Å². The number of carbonyl (C=O) groups is 1. The molecule has 0 aliphatic carbocycles. The molecule has 0 fully saturated rings. The van der Waals surface area contributed by atoms with Gasteiger partial charge in [-0.05, 0) is 42.3 Å². The second kappa shape index (κ2) is 9.85. The van der Waals surface area contributed by atoms with E-state index in [9.17, 15) is 4.79 Å². The molecule has 0 N–H and O–H groups in total. The van der Waals surface area contributed by atoms with Crippen molar-refractivity contribution in [2.75, 3.05) is 5.75 Å². The second-order valence-electron chi connectivity index (χ2n) is 7.02. The van der Waals surface area contributed by atoms with Gasteiger partial charge in [0.25, 0.3) is 0 Å². The van der Waals surface area contributed by atoms with E-state index in [-0.39, 0.29) is 11.7 Å². The van der Waals surface area contributed by atoms with Crippen molar-refractivity contribution in [2.45, 2.75) is 25.2 Å². The van der Waals surface area contributed by atoms with Gasteiger partial charge in [-0.25, -0.2) is 0 Å². The molecule has 0 saturated carbocycles. The number of rotatable bonds is 8. The van der Waals surface area contributed by atoms with Crippen LogP contribution in [0.2, 0.25) is 5.02 Å². The molecule has 8 heteroatoms. The number of aryl methyl sites for hydroxylation is 1. The maximum Gasteiger partial charge on any atom is 0.233 e. The molecule has 4 aromatic rings. The van der Waals surface area contributed by atoms with Crippen LogP contribution in [0.3, 0.4) is 0 Å². The Morgan fingerprint density at radius 3 is 2.71 bits per heavy atom. The molecule has 0 bridgehead atoms. The number of hydrogen-bond donors (Lipinski definition) is 0. The minimum Gasteiger partial charge on any atom is -0.467 e. The lowest BCUT2D eigenvalue weighted by Gasteiger charge is -2.21. The van der Waals surface area contributed by atoms with Crippen LogP contribution in [0.4, 0.5) is 0 Å². The van der Waals surface area contributed by atoms with E-state index in [0.717, 1.165) is 22.6 Å². The summed E-state index contributed by atoms with van der Waals surface area (Å²) in [6, 6.07) is 19.4. The van der Waals surface area contributed by atoms with E-state index in [2.05, 4.69) is 10.2 Å². The monoisotopic (exact) mass is 452 g/mol. The summed E-state index contributed by atoms with van der Waals surface area (Å²) < 4.78 is 7.29. The van der Waals surface area contributed by atoms with Gasteiger partial charge in [0.1, 0.15) is 12.1 Å². The van der Waals surface area contributed by atoms with Crippen LogP contribution in [0.5, 0.6) is 0 Å². The van der Waals surface area contributed by atoms with Crippen LogP contribution in [0.15, 0.2) is 82.8 Å². The Balaban J connectivity index is 1.48. The molecule has 0 aliphatic rings. The number of halogens is 1. The summed E-state index contributed by atoms with van der Waals surface area (Å²) in [6.07, 6.45) is 3.24. The maximum atomic E-state index is 13.1. The van der Waals surface area contributed by atoms with Crippen LogP contribution in [-0.4, -0.2) is 31.3 Å². The van der Waals surface area contributed by atoms with Crippen molar-refractivity contribution in [3.8, 4) is 5.69 Å². The molecule has 2 aromatic carbocycles. The van der Waals surface area contributed by atoms with Gasteiger partial charge in [0.2, 0.25) is 5.91 Å². The molecule has 0 saturated heterocycles. The summed E-state index contributed by atoms with van der Waals surface area (Å²) in [5.74, 6) is 0.958.